The van der Waals surface area contributed by atoms with E-state index in [9.17, 15) is 24.6 Å². The maximum absolute atomic E-state index is 12.3. The molecule has 28 heavy (non-hydrogen) atoms. The molecule has 0 unspecified atom stereocenters. The van der Waals surface area contributed by atoms with Crippen molar-refractivity contribution in [3.63, 3.8) is 0 Å². The number of aliphatic hydroxyl groups excluding tert-OH is 1. The van der Waals surface area contributed by atoms with Crippen LogP contribution in [0.2, 0.25) is 0 Å². The number of aliphatic hydroxyl groups is 1. The number of fused-ring (bicyclic) bond motifs is 1. The largest absolute Gasteiger partial charge is 1.00 e. The molecule has 8 nitrogen and oxygen atoms in total. The first-order valence-corrected chi connectivity index (χ1v) is 9.50. The molecule has 2 aliphatic rings. The Morgan fingerprint density at radius 2 is 1.96 bits per heavy atom. The first kappa shape index (κ1) is 22.9. The number of carbonyl (C=O) groups is 3. The third-order valence-electron chi connectivity index (χ3n) is 5.08. The molecule has 3 heterocycles. The molecule has 1 fully saturated rings. The van der Waals surface area contributed by atoms with Gasteiger partial charge in [0.15, 0.2) is 12.4 Å². The molecule has 0 bridgehead atoms. The zero-order valence-electron chi connectivity index (χ0n) is 15.9. The van der Waals surface area contributed by atoms with Crippen molar-refractivity contribution in [3.05, 3.63) is 35.8 Å². The molecule has 0 aromatic carbocycles. The van der Waals surface area contributed by atoms with E-state index in [0.717, 1.165) is 4.90 Å². The average molecular weight is 415 g/mol. The van der Waals surface area contributed by atoms with Gasteiger partial charge in [-0.3, -0.25) is 4.79 Å². The zero-order chi connectivity index (χ0) is 19.9. The Balaban J connectivity index is 0.00000280. The number of carbonyl (C=O) groups excluding carboxylic acids is 2. The van der Waals surface area contributed by atoms with Crippen molar-refractivity contribution in [2.24, 2.45) is 11.8 Å². The normalized spacial score (nSPS) is 24.3. The van der Waals surface area contributed by atoms with Crippen LogP contribution in [-0.4, -0.2) is 50.9 Å². The molecular weight excluding hydrogens is 395 g/mol. The van der Waals surface area contributed by atoms with Crippen LogP contribution in [-0.2, 0) is 20.9 Å². The van der Waals surface area contributed by atoms with E-state index in [1.807, 2.05) is 6.92 Å². The Bertz CT molecular complexity index is 826. The van der Waals surface area contributed by atoms with Crippen LogP contribution >= 0.6 is 11.8 Å². The summed E-state index contributed by atoms with van der Waals surface area (Å²) in [5, 5.41) is 30.3. The van der Waals surface area contributed by atoms with Crippen molar-refractivity contribution in [2.75, 3.05) is 5.75 Å². The molecule has 0 saturated carbocycles. The van der Waals surface area contributed by atoms with Crippen LogP contribution in [0.25, 0.3) is 0 Å². The van der Waals surface area contributed by atoms with Gasteiger partial charge < -0.3 is 25.0 Å². The second-order valence-corrected chi connectivity index (χ2v) is 7.85. The van der Waals surface area contributed by atoms with Crippen molar-refractivity contribution < 1.29 is 63.8 Å². The van der Waals surface area contributed by atoms with E-state index in [2.05, 4.69) is 0 Å². The number of pyridine rings is 1. The summed E-state index contributed by atoms with van der Waals surface area (Å²) in [6.07, 6.45) is 2.45. The Kier molecular flexibility index (Phi) is 7.33. The molecule has 1 aromatic rings. The van der Waals surface area contributed by atoms with Crippen LogP contribution < -0.4 is 39.2 Å². The number of thioether (sulfide) groups is 1. The van der Waals surface area contributed by atoms with E-state index < -0.39 is 24.0 Å². The topological polar surface area (TPSA) is 122 Å². The minimum Gasteiger partial charge on any atom is -0.543 e. The number of hydrogen-bond acceptors (Lipinski definition) is 6. The molecule has 0 spiro atoms. The molecule has 1 aromatic heterocycles. The maximum atomic E-state index is 12.3. The van der Waals surface area contributed by atoms with Gasteiger partial charge in [0.05, 0.1) is 29.7 Å². The Hall–Kier alpha value is -1.39. The number of amides is 1. The zero-order valence-corrected chi connectivity index (χ0v) is 18.7. The Morgan fingerprint density at radius 1 is 1.36 bits per heavy atom. The van der Waals surface area contributed by atoms with Crippen LogP contribution in [0.3, 0.4) is 0 Å². The first-order chi connectivity index (χ1) is 12.7. The van der Waals surface area contributed by atoms with Crippen LogP contribution in [0.15, 0.2) is 40.7 Å². The van der Waals surface area contributed by atoms with E-state index in [1.165, 1.54) is 28.2 Å². The van der Waals surface area contributed by atoms with Gasteiger partial charge in [0.1, 0.15) is 0 Å². The third kappa shape index (κ3) is 4.13. The molecule has 0 radical (unpaired) electrons. The number of aromatic nitrogens is 1. The fourth-order valence-corrected chi connectivity index (χ4v) is 4.82. The van der Waals surface area contributed by atoms with Crippen LogP contribution in [0.4, 0.5) is 0 Å². The van der Waals surface area contributed by atoms with Crippen molar-refractivity contribution >= 4 is 29.6 Å². The molecule has 3 rings (SSSR count). The van der Waals surface area contributed by atoms with Gasteiger partial charge in [0.2, 0.25) is 12.5 Å². The fraction of sp³-hybridized carbons (Fsp3) is 0.444. The van der Waals surface area contributed by atoms with Gasteiger partial charge in [-0.15, -0.1) is 11.8 Å². The monoisotopic (exact) mass is 415 g/mol. The standard InChI is InChI=1S/C18H20N2O6S.Na/c1-9-12(8-27-11-3-5-19(6-4-11)7-13(22)23)16(18(25)26)20-15(9)14(10(2)21)17(20)24;/h3-6,9-10,14-15,21H,7-8H2,1-2H3,(H-,22,23,25,26);/q;+1/t9-,10+,14+,15+;/m0./s1. The van der Waals surface area contributed by atoms with Crippen LogP contribution in [0.1, 0.15) is 13.8 Å². The van der Waals surface area contributed by atoms with Crippen molar-refractivity contribution in [1.82, 2.24) is 4.90 Å². The van der Waals surface area contributed by atoms with Gasteiger partial charge in [-0.05, 0) is 12.5 Å². The van der Waals surface area contributed by atoms with Gasteiger partial charge >= 0.3 is 35.5 Å². The number of β-lactam (4-membered cyclic amide) rings is 1. The summed E-state index contributed by atoms with van der Waals surface area (Å²) in [6, 6.07) is 3.16. The van der Waals surface area contributed by atoms with Gasteiger partial charge in [-0.25, -0.2) is 4.79 Å². The van der Waals surface area contributed by atoms with Crippen molar-refractivity contribution in [3.8, 4) is 0 Å². The minimum absolute atomic E-state index is 0. The molecule has 2 aliphatic heterocycles. The average Bonchev–Trinajstić information content (AvgIpc) is 2.82. The smallest absolute Gasteiger partial charge is 0.543 e. The summed E-state index contributed by atoms with van der Waals surface area (Å²) in [7, 11) is 0. The van der Waals surface area contributed by atoms with E-state index in [4.69, 9.17) is 5.11 Å². The van der Waals surface area contributed by atoms with Gasteiger partial charge in [-0.1, -0.05) is 6.92 Å². The van der Waals surface area contributed by atoms with Crippen LogP contribution in [0.5, 0.6) is 0 Å². The van der Waals surface area contributed by atoms with Gasteiger partial charge in [0, 0.05) is 28.7 Å². The molecule has 144 valence electrons. The summed E-state index contributed by atoms with van der Waals surface area (Å²) >= 11 is 1.40. The van der Waals surface area contributed by atoms with E-state index in [-0.39, 0.29) is 59.7 Å². The SMILES string of the molecule is C[C@@H](O)[C@H]1C(=O)N2C(C(=O)[O-])=C(CSc3cc[n+](CC(=O)O)cc3)[C@H](C)[C@H]12.[Na+]. The number of carboxylic acid groups (broad SMARTS) is 2. The van der Waals surface area contributed by atoms with E-state index in [1.54, 1.807) is 24.5 Å². The predicted octanol–water partition coefficient (Wildman–Crippen LogP) is -3.98. The molecule has 1 amide bonds. The third-order valence-corrected chi connectivity index (χ3v) is 6.14. The molecule has 4 atom stereocenters. The fourth-order valence-electron chi connectivity index (χ4n) is 3.79. The molecule has 0 aliphatic carbocycles. The summed E-state index contributed by atoms with van der Waals surface area (Å²) in [5.41, 5.74) is 0.530. The first-order valence-electron chi connectivity index (χ1n) is 8.51. The number of hydrogen-bond donors (Lipinski definition) is 2. The number of rotatable bonds is 7. The quantitative estimate of drug-likeness (QED) is 0.202. The summed E-state index contributed by atoms with van der Waals surface area (Å²) in [4.78, 5) is 36.7. The molecule has 1 saturated heterocycles. The second kappa shape index (κ2) is 8.96. The van der Waals surface area contributed by atoms with Crippen molar-refractivity contribution in [2.45, 2.75) is 37.4 Å². The van der Waals surface area contributed by atoms with E-state index in [0.29, 0.717) is 11.3 Å². The number of carboxylic acids is 2. The second-order valence-electron chi connectivity index (χ2n) is 6.80. The summed E-state index contributed by atoms with van der Waals surface area (Å²) in [5.74, 6) is -3.13. The maximum Gasteiger partial charge on any atom is 1.00 e. The number of nitrogens with zero attached hydrogens (tertiary/aromatic N) is 2. The molecular formula is C18H20N2NaO6S+. The summed E-state index contributed by atoms with van der Waals surface area (Å²) in [6.45, 7) is 3.26. The van der Waals surface area contributed by atoms with Crippen LogP contribution in [0, 0.1) is 11.8 Å². The van der Waals surface area contributed by atoms with Crippen molar-refractivity contribution in [1.29, 1.82) is 0 Å². The minimum atomic E-state index is -1.38. The summed E-state index contributed by atoms with van der Waals surface area (Å²) < 4.78 is 1.52. The predicted molar refractivity (Wildman–Crippen MR) is 92.0 cm³/mol. The van der Waals surface area contributed by atoms with Gasteiger partial charge in [-0.2, -0.15) is 4.57 Å². The Morgan fingerprint density at radius 3 is 2.46 bits per heavy atom. The Labute approximate surface area is 188 Å². The van der Waals surface area contributed by atoms with Gasteiger partial charge in [0.25, 0.3) is 0 Å². The molecule has 2 N–H and O–H groups in total. The number of aliphatic carboxylic acids is 2. The molecule has 10 heteroatoms. The van der Waals surface area contributed by atoms with E-state index >= 15 is 0 Å².